The number of fused-ring (bicyclic) bond motifs is 3. The van der Waals surface area contributed by atoms with Crippen LogP contribution in [0, 0.1) is 0 Å². The fraction of sp³-hybridized carbons (Fsp3) is 0.250. The number of benzene rings is 1. The molecule has 1 atom stereocenters. The molecule has 8 heteroatoms. The Balaban J connectivity index is 1.51. The summed E-state index contributed by atoms with van der Waals surface area (Å²) in [5.41, 5.74) is 6.44. The van der Waals surface area contributed by atoms with Crippen LogP contribution in [0.15, 0.2) is 59.8 Å². The predicted octanol–water partition coefficient (Wildman–Crippen LogP) is 2.89. The number of aromatic nitrogens is 6. The highest BCUT2D eigenvalue weighted by molar-refractivity contribution is 6.04. The topological polar surface area (TPSA) is 82.6 Å². The van der Waals surface area contributed by atoms with Gasteiger partial charge in [0.2, 0.25) is 0 Å². The van der Waals surface area contributed by atoms with E-state index in [2.05, 4.69) is 38.6 Å². The molecule has 1 aliphatic heterocycles. The Kier molecular flexibility index (Phi) is 4.22. The molecule has 4 aromatic heterocycles. The summed E-state index contributed by atoms with van der Waals surface area (Å²) in [7, 11) is 3.72. The summed E-state index contributed by atoms with van der Waals surface area (Å²) in [5.74, 6) is 0. The lowest BCUT2D eigenvalue weighted by atomic mass is 10.0. The normalized spacial score (nSPS) is 16.4. The zero-order valence-electron chi connectivity index (χ0n) is 18.0. The Morgan fingerprint density at radius 1 is 1.00 bits per heavy atom. The van der Waals surface area contributed by atoms with E-state index in [1.165, 1.54) is 0 Å². The van der Waals surface area contributed by atoms with Gasteiger partial charge >= 0.3 is 5.69 Å². The van der Waals surface area contributed by atoms with Gasteiger partial charge in [0.15, 0.2) is 0 Å². The highest BCUT2D eigenvalue weighted by Gasteiger charge is 2.24. The maximum atomic E-state index is 13.1. The Bertz CT molecular complexity index is 1520. The molecule has 0 unspecified atom stereocenters. The molecule has 0 amide bonds. The van der Waals surface area contributed by atoms with Crippen molar-refractivity contribution in [1.82, 2.24) is 34.2 Å². The van der Waals surface area contributed by atoms with Crippen LogP contribution in [0.4, 0.5) is 0 Å². The molecule has 1 aliphatic rings. The van der Waals surface area contributed by atoms with Gasteiger partial charge in [-0.2, -0.15) is 5.10 Å². The van der Waals surface area contributed by atoms with Crippen molar-refractivity contribution in [2.45, 2.75) is 12.5 Å². The van der Waals surface area contributed by atoms with Crippen molar-refractivity contribution < 1.29 is 0 Å². The van der Waals surface area contributed by atoms with E-state index >= 15 is 0 Å². The van der Waals surface area contributed by atoms with Gasteiger partial charge in [-0.3, -0.25) is 23.8 Å². The summed E-state index contributed by atoms with van der Waals surface area (Å²) in [4.78, 5) is 22.3. The van der Waals surface area contributed by atoms with Gasteiger partial charge in [-0.05, 0) is 42.8 Å². The van der Waals surface area contributed by atoms with Crippen LogP contribution in [0.5, 0.6) is 0 Å². The largest absolute Gasteiger partial charge is 0.329 e. The second-order valence-corrected chi connectivity index (χ2v) is 8.39. The first-order chi connectivity index (χ1) is 15.6. The van der Waals surface area contributed by atoms with Crippen LogP contribution in [-0.2, 0) is 14.1 Å². The third-order valence-corrected chi connectivity index (χ3v) is 6.39. The molecule has 5 aromatic rings. The molecule has 1 saturated heterocycles. The molecule has 160 valence electrons. The van der Waals surface area contributed by atoms with Crippen LogP contribution in [-0.4, -0.2) is 42.0 Å². The maximum absolute atomic E-state index is 13.1. The van der Waals surface area contributed by atoms with E-state index in [0.717, 1.165) is 64.0 Å². The minimum absolute atomic E-state index is 0.00906. The Morgan fingerprint density at radius 2 is 1.88 bits per heavy atom. The number of rotatable bonds is 3. The van der Waals surface area contributed by atoms with E-state index in [0.29, 0.717) is 0 Å². The highest BCUT2D eigenvalue weighted by Crippen LogP contribution is 2.31. The first-order valence-electron chi connectivity index (χ1n) is 10.8. The van der Waals surface area contributed by atoms with Gasteiger partial charge in [-0.25, -0.2) is 4.79 Å². The van der Waals surface area contributed by atoms with Gasteiger partial charge in [-0.1, -0.05) is 12.1 Å². The molecule has 1 N–H and O–H groups in total. The second-order valence-electron chi connectivity index (χ2n) is 8.39. The number of pyridine rings is 2. The van der Waals surface area contributed by atoms with Gasteiger partial charge in [-0.15, -0.1) is 0 Å². The zero-order valence-corrected chi connectivity index (χ0v) is 18.0. The Hall–Kier alpha value is -3.78. The number of nitrogens with one attached hydrogen (secondary N) is 1. The van der Waals surface area contributed by atoms with Gasteiger partial charge in [0.25, 0.3) is 0 Å². The SMILES string of the molecule is Cn1ccc(-c2ccc(-c3ccc4ncc5c(c4c3)n([C@H]3CCNC3)c(=O)n5C)cn2)n1. The van der Waals surface area contributed by atoms with E-state index in [4.69, 9.17) is 0 Å². The summed E-state index contributed by atoms with van der Waals surface area (Å²) in [5, 5.41) is 8.79. The van der Waals surface area contributed by atoms with Crippen molar-refractivity contribution in [3.63, 3.8) is 0 Å². The number of nitrogens with zero attached hydrogens (tertiary/aromatic N) is 6. The molecule has 1 fully saturated rings. The van der Waals surface area contributed by atoms with Gasteiger partial charge < -0.3 is 5.32 Å². The first-order valence-corrected chi connectivity index (χ1v) is 10.8. The van der Waals surface area contributed by atoms with E-state index < -0.39 is 0 Å². The molecule has 0 bridgehead atoms. The van der Waals surface area contributed by atoms with Crippen molar-refractivity contribution in [2.75, 3.05) is 13.1 Å². The van der Waals surface area contributed by atoms with Crippen LogP contribution < -0.4 is 11.0 Å². The average Bonchev–Trinajstić information content (AvgIpc) is 3.55. The molecule has 0 spiro atoms. The molecular weight excluding hydrogens is 402 g/mol. The van der Waals surface area contributed by atoms with Crippen LogP contribution in [0.25, 0.3) is 44.5 Å². The molecule has 0 radical (unpaired) electrons. The van der Waals surface area contributed by atoms with Crippen molar-refractivity contribution in [1.29, 1.82) is 0 Å². The highest BCUT2D eigenvalue weighted by atomic mass is 16.1. The fourth-order valence-corrected chi connectivity index (χ4v) is 4.67. The van der Waals surface area contributed by atoms with E-state index in [-0.39, 0.29) is 11.7 Å². The predicted molar refractivity (Wildman–Crippen MR) is 124 cm³/mol. The molecule has 5 heterocycles. The third-order valence-electron chi connectivity index (χ3n) is 6.39. The quantitative estimate of drug-likeness (QED) is 0.481. The number of aryl methyl sites for hydroxylation is 2. The third kappa shape index (κ3) is 2.87. The van der Waals surface area contributed by atoms with Gasteiger partial charge in [0.05, 0.1) is 34.5 Å². The fourth-order valence-electron chi connectivity index (χ4n) is 4.67. The molecule has 0 saturated carbocycles. The minimum atomic E-state index is 0.00906. The smallest absolute Gasteiger partial charge is 0.315 e. The summed E-state index contributed by atoms with van der Waals surface area (Å²) >= 11 is 0. The van der Waals surface area contributed by atoms with Gasteiger partial charge in [0.1, 0.15) is 5.69 Å². The van der Waals surface area contributed by atoms with Crippen molar-refractivity contribution >= 4 is 21.9 Å². The van der Waals surface area contributed by atoms with Crippen LogP contribution in [0.1, 0.15) is 12.5 Å². The maximum Gasteiger partial charge on any atom is 0.329 e. The Morgan fingerprint density at radius 3 is 2.59 bits per heavy atom. The minimum Gasteiger partial charge on any atom is -0.315 e. The molecule has 6 rings (SSSR count). The number of hydrogen-bond donors (Lipinski definition) is 1. The Labute approximate surface area is 184 Å². The van der Waals surface area contributed by atoms with Crippen molar-refractivity contribution in [3.05, 3.63) is 65.5 Å². The monoisotopic (exact) mass is 425 g/mol. The van der Waals surface area contributed by atoms with Crippen molar-refractivity contribution in [2.24, 2.45) is 14.1 Å². The summed E-state index contributed by atoms with van der Waals surface area (Å²) < 4.78 is 5.42. The summed E-state index contributed by atoms with van der Waals surface area (Å²) in [6, 6.07) is 12.4. The summed E-state index contributed by atoms with van der Waals surface area (Å²) in [6.45, 7) is 1.73. The molecule has 32 heavy (non-hydrogen) atoms. The summed E-state index contributed by atoms with van der Waals surface area (Å²) in [6.07, 6.45) is 6.53. The van der Waals surface area contributed by atoms with Crippen LogP contribution in [0.3, 0.4) is 0 Å². The molecule has 0 aliphatic carbocycles. The van der Waals surface area contributed by atoms with Crippen LogP contribution >= 0.6 is 0 Å². The lowest BCUT2D eigenvalue weighted by Crippen LogP contribution is -2.27. The standard InChI is InChI=1S/C24H23N7O/c1-29-10-8-21(28-29)20-6-4-16(12-26-20)15-3-5-19-18(11-15)23-22(14-27-19)30(2)24(32)31(23)17-7-9-25-13-17/h3-6,8,10-12,14,17,25H,7,9,13H2,1-2H3/t17-/m0/s1. The lowest BCUT2D eigenvalue weighted by molar-refractivity contribution is 0.536. The number of hydrogen-bond acceptors (Lipinski definition) is 5. The van der Waals surface area contributed by atoms with Crippen LogP contribution in [0.2, 0.25) is 0 Å². The lowest BCUT2D eigenvalue weighted by Gasteiger charge is -2.12. The first kappa shape index (κ1) is 18.9. The molecular formula is C24H23N7O. The molecule has 1 aromatic carbocycles. The molecule has 8 nitrogen and oxygen atoms in total. The van der Waals surface area contributed by atoms with E-state index in [1.807, 2.05) is 49.3 Å². The second kappa shape index (κ2) is 7.13. The number of imidazole rings is 1. The van der Waals surface area contributed by atoms with Crippen molar-refractivity contribution in [3.8, 4) is 22.5 Å². The van der Waals surface area contributed by atoms with Gasteiger partial charge in [0, 0.05) is 44.0 Å². The average molecular weight is 425 g/mol. The van der Waals surface area contributed by atoms with E-state index in [9.17, 15) is 4.79 Å². The van der Waals surface area contributed by atoms with E-state index in [1.54, 1.807) is 15.4 Å². The zero-order chi connectivity index (χ0) is 21.8.